The molecule has 36 heavy (non-hydrogen) atoms. The van der Waals surface area contributed by atoms with Crippen LogP contribution in [0.1, 0.15) is 47.9 Å². The van der Waals surface area contributed by atoms with Gasteiger partial charge in [0.05, 0.1) is 28.7 Å². The van der Waals surface area contributed by atoms with Gasteiger partial charge in [-0.3, -0.25) is 19.8 Å². The highest BCUT2D eigenvalue weighted by molar-refractivity contribution is 6.01. The van der Waals surface area contributed by atoms with E-state index in [4.69, 9.17) is 9.47 Å². The zero-order valence-electron chi connectivity index (χ0n) is 19.8. The van der Waals surface area contributed by atoms with Gasteiger partial charge < -0.3 is 19.9 Å². The lowest BCUT2D eigenvalue weighted by molar-refractivity contribution is -0.384. The van der Waals surface area contributed by atoms with Gasteiger partial charge in [-0.2, -0.15) is 0 Å². The van der Waals surface area contributed by atoms with Crippen LogP contribution in [0.4, 0.5) is 16.2 Å². The predicted octanol–water partition coefficient (Wildman–Crippen LogP) is 2.90. The number of esters is 2. The number of benzene rings is 2. The summed E-state index contributed by atoms with van der Waals surface area (Å²) in [6.07, 6.45) is -2.29. The number of hydrogen-bond donors (Lipinski definition) is 2. The van der Waals surface area contributed by atoms with Gasteiger partial charge in [0.15, 0.2) is 0 Å². The Kier molecular flexibility index (Phi) is 7.68. The number of carbonyl (C=O) groups excluding carboxylic acids is 4. The average Bonchev–Trinajstić information content (AvgIpc) is 3.20. The summed E-state index contributed by atoms with van der Waals surface area (Å²) in [5, 5.41) is 23.4. The molecule has 0 bridgehead atoms. The second-order valence-corrected chi connectivity index (χ2v) is 9.09. The van der Waals surface area contributed by atoms with Gasteiger partial charge in [0.25, 0.3) is 5.69 Å². The van der Waals surface area contributed by atoms with E-state index in [9.17, 15) is 34.4 Å². The maximum atomic E-state index is 12.9. The Bertz CT molecular complexity index is 1190. The minimum Gasteiger partial charge on any atom is -0.456 e. The summed E-state index contributed by atoms with van der Waals surface area (Å²) in [6.45, 7) is 4.92. The third-order valence-corrected chi connectivity index (χ3v) is 5.07. The number of aliphatic hydroxyl groups excluding tert-OH is 1. The van der Waals surface area contributed by atoms with Gasteiger partial charge in [0.1, 0.15) is 11.6 Å². The van der Waals surface area contributed by atoms with Gasteiger partial charge in [0, 0.05) is 24.2 Å². The quantitative estimate of drug-likeness (QED) is 0.272. The number of hydrogen-bond acceptors (Lipinski definition) is 9. The molecule has 1 aliphatic rings. The summed E-state index contributed by atoms with van der Waals surface area (Å²) < 4.78 is 10.1. The van der Waals surface area contributed by atoms with E-state index in [0.717, 1.165) is 29.2 Å². The molecule has 0 saturated carbocycles. The van der Waals surface area contributed by atoms with Crippen molar-refractivity contribution in [1.82, 2.24) is 4.90 Å². The van der Waals surface area contributed by atoms with Crippen molar-refractivity contribution < 1.29 is 38.7 Å². The second-order valence-electron chi connectivity index (χ2n) is 9.09. The molecule has 1 fully saturated rings. The van der Waals surface area contributed by atoms with Crippen molar-refractivity contribution in [1.29, 1.82) is 0 Å². The molecule has 3 rings (SSSR count). The van der Waals surface area contributed by atoms with Crippen LogP contribution >= 0.6 is 0 Å². The largest absolute Gasteiger partial charge is 0.456 e. The maximum absolute atomic E-state index is 12.9. The number of ether oxygens (including phenoxy) is 2. The number of β-amino-alcohol motifs (C(OH)–C–C–N with tert-alkyl or cyclic N) is 1. The Morgan fingerprint density at radius 1 is 1.06 bits per heavy atom. The van der Waals surface area contributed by atoms with E-state index in [2.05, 4.69) is 5.32 Å². The smallest absolute Gasteiger partial charge is 0.418 e. The van der Waals surface area contributed by atoms with Gasteiger partial charge in [-0.25, -0.2) is 14.4 Å². The van der Waals surface area contributed by atoms with Gasteiger partial charge in [-0.15, -0.1) is 0 Å². The fourth-order valence-electron chi connectivity index (χ4n) is 3.47. The van der Waals surface area contributed by atoms with E-state index < -0.39 is 46.6 Å². The maximum Gasteiger partial charge on any atom is 0.418 e. The predicted molar refractivity (Wildman–Crippen MR) is 125 cm³/mol. The van der Waals surface area contributed by atoms with E-state index in [0.29, 0.717) is 0 Å². The van der Waals surface area contributed by atoms with Crippen molar-refractivity contribution in [3.63, 3.8) is 0 Å². The second kappa shape index (κ2) is 10.5. The molecule has 2 amide bonds. The van der Waals surface area contributed by atoms with E-state index in [-0.39, 0.29) is 35.5 Å². The molecule has 2 aromatic rings. The molecule has 1 unspecified atom stereocenters. The lowest BCUT2D eigenvalue weighted by Gasteiger charge is -2.22. The molecule has 0 aromatic heterocycles. The van der Waals surface area contributed by atoms with Crippen molar-refractivity contribution in [2.45, 2.75) is 44.9 Å². The number of anilines is 1. The van der Waals surface area contributed by atoms with Crippen LogP contribution in [-0.4, -0.2) is 63.2 Å². The number of nitro groups is 1. The molecule has 2 aromatic carbocycles. The molecule has 190 valence electrons. The Labute approximate surface area is 205 Å². The molecule has 12 heteroatoms. The van der Waals surface area contributed by atoms with E-state index >= 15 is 0 Å². The number of rotatable bonds is 5. The fourth-order valence-corrected chi connectivity index (χ4v) is 3.47. The lowest BCUT2D eigenvalue weighted by Crippen LogP contribution is -2.44. The van der Waals surface area contributed by atoms with Gasteiger partial charge in [-0.1, -0.05) is 6.07 Å². The molecular formula is C24H25N3O9. The SMILES string of the molecule is CC(C)(C)OC(=O)c1cccc(NC(=O)[C@@H]2CC(O)CN2C(=O)OC(=O)c2ccc([N+](=O)[O-])cc2)c1. The highest BCUT2D eigenvalue weighted by atomic mass is 16.6. The number of likely N-dealkylation sites (tertiary alicyclic amines) is 1. The highest BCUT2D eigenvalue weighted by Crippen LogP contribution is 2.23. The van der Waals surface area contributed by atoms with Crippen LogP contribution in [0.3, 0.4) is 0 Å². The first-order valence-electron chi connectivity index (χ1n) is 10.9. The molecule has 1 heterocycles. The zero-order chi connectivity index (χ0) is 26.6. The summed E-state index contributed by atoms with van der Waals surface area (Å²) in [4.78, 5) is 61.1. The van der Waals surface area contributed by atoms with Crippen LogP contribution in [0.25, 0.3) is 0 Å². The van der Waals surface area contributed by atoms with Crippen LogP contribution < -0.4 is 5.32 Å². The zero-order valence-corrected chi connectivity index (χ0v) is 19.8. The first kappa shape index (κ1) is 26.3. The van der Waals surface area contributed by atoms with Gasteiger partial charge in [-0.05, 0) is 51.1 Å². The Morgan fingerprint density at radius 2 is 1.72 bits per heavy atom. The fraction of sp³-hybridized carbons (Fsp3) is 0.333. The van der Waals surface area contributed by atoms with Crippen molar-refractivity contribution in [2.75, 3.05) is 11.9 Å². The number of carbonyl (C=O) groups is 4. The highest BCUT2D eigenvalue weighted by Gasteiger charge is 2.40. The van der Waals surface area contributed by atoms with Crippen molar-refractivity contribution in [3.05, 3.63) is 69.8 Å². The molecular weight excluding hydrogens is 474 g/mol. The minimum absolute atomic E-state index is 0.0988. The normalized spacial score (nSPS) is 17.3. The van der Waals surface area contributed by atoms with Gasteiger partial charge >= 0.3 is 18.0 Å². The molecule has 0 aliphatic carbocycles. The number of amides is 2. The van der Waals surface area contributed by atoms with Crippen LogP contribution in [0, 0.1) is 10.1 Å². The van der Waals surface area contributed by atoms with E-state index in [1.54, 1.807) is 26.8 Å². The van der Waals surface area contributed by atoms with Gasteiger partial charge in [0.2, 0.25) is 5.91 Å². The Balaban J connectivity index is 1.68. The van der Waals surface area contributed by atoms with Crippen LogP contribution in [0.15, 0.2) is 48.5 Å². The molecule has 12 nitrogen and oxygen atoms in total. The third kappa shape index (κ3) is 6.63. The number of aliphatic hydroxyl groups is 1. The van der Waals surface area contributed by atoms with Crippen molar-refractivity contribution in [3.8, 4) is 0 Å². The minimum atomic E-state index is -1.16. The molecule has 1 saturated heterocycles. The molecule has 2 atom stereocenters. The van der Waals surface area contributed by atoms with Crippen LogP contribution in [-0.2, 0) is 14.3 Å². The molecule has 2 N–H and O–H groups in total. The third-order valence-electron chi connectivity index (χ3n) is 5.07. The molecule has 1 aliphatic heterocycles. The Morgan fingerprint density at radius 3 is 2.33 bits per heavy atom. The lowest BCUT2D eigenvalue weighted by atomic mass is 10.1. The average molecular weight is 499 g/mol. The van der Waals surface area contributed by atoms with Crippen LogP contribution in [0.2, 0.25) is 0 Å². The molecule has 0 radical (unpaired) electrons. The van der Waals surface area contributed by atoms with Crippen LogP contribution in [0.5, 0.6) is 0 Å². The summed E-state index contributed by atoms with van der Waals surface area (Å²) in [5.41, 5.74) is -0.579. The first-order chi connectivity index (χ1) is 16.8. The van der Waals surface area contributed by atoms with E-state index in [1.807, 2.05) is 0 Å². The molecule has 0 spiro atoms. The first-order valence-corrected chi connectivity index (χ1v) is 10.9. The number of non-ortho nitro benzene ring substituents is 1. The Hall–Kier alpha value is -4.32. The number of nitro benzene ring substituents is 1. The monoisotopic (exact) mass is 499 g/mol. The topological polar surface area (TPSA) is 165 Å². The van der Waals surface area contributed by atoms with Crippen molar-refractivity contribution in [2.24, 2.45) is 0 Å². The summed E-state index contributed by atoms with van der Waals surface area (Å²) in [6, 6.07) is 9.32. The summed E-state index contributed by atoms with van der Waals surface area (Å²) in [5.74, 6) is -2.31. The van der Waals surface area contributed by atoms with Crippen molar-refractivity contribution >= 4 is 35.3 Å². The summed E-state index contributed by atoms with van der Waals surface area (Å²) in [7, 11) is 0. The number of nitrogens with one attached hydrogen (secondary N) is 1. The number of nitrogens with zero attached hydrogens (tertiary/aromatic N) is 2. The van der Waals surface area contributed by atoms with E-state index in [1.165, 1.54) is 18.2 Å². The standard InChI is InChI=1S/C24H25N3O9/c1-24(2,3)36-22(31)15-5-4-6-16(11-15)25-20(29)19-12-18(28)13-26(19)23(32)35-21(30)14-7-9-17(10-8-14)27(33)34/h4-11,18-19,28H,12-13H2,1-3H3,(H,25,29)/t18?,19-/m0/s1. The summed E-state index contributed by atoms with van der Waals surface area (Å²) >= 11 is 0.